The third-order valence-corrected chi connectivity index (χ3v) is 3.90. The molecule has 0 fully saturated rings. The summed E-state index contributed by atoms with van der Waals surface area (Å²) in [5, 5.41) is 2.91. The molecule has 0 unspecified atom stereocenters. The second-order valence-electron chi connectivity index (χ2n) is 5.88. The molecule has 0 saturated carbocycles. The molecule has 0 aliphatic rings. The van der Waals surface area contributed by atoms with E-state index in [1.165, 1.54) is 11.6 Å². The summed E-state index contributed by atoms with van der Waals surface area (Å²) >= 11 is 0. The molecule has 0 atom stereocenters. The number of carbonyl (C=O) groups is 1. The van der Waals surface area contributed by atoms with E-state index in [4.69, 9.17) is 4.74 Å². The third-order valence-electron chi connectivity index (χ3n) is 3.90. The van der Waals surface area contributed by atoms with E-state index in [2.05, 4.69) is 22.4 Å². The van der Waals surface area contributed by atoms with Gasteiger partial charge < -0.3 is 14.6 Å². The zero-order valence-corrected chi connectivity index (χ0v) is 14.6. The van der Waals surface area contributed by atoms with Gasteiger partial charge in [-0.2, -0.15) is 0 Å². The molecule has 3 rings (SSSR count). The predicted octanol–water partition coefficient (Wildman–Crippen LogP) is 3.27. The van der Waals surface area contributed by atoms with Crippen molar-refractivity contribution in [3.63, 3.8) is 0 Å². The van der Waals surface area contributed by atoms with E-state index in [1.54, 1.807) is 25.7 Å². The largest absolute Gasteiger partial charge is 0.497 e. The van der Waals surface area contributed by atoms with Crippen LogP contribution >= 0.6 is 0 Å². The number of benzene rings is 2. The highest BCUT2D eigenvalue weighted by molar-refractivity contribution is 5.91. The van der Waals surface area contributed by atoms with Crippen molar-refractivity contribution < 1.29 is 9.53 Å². The summed E-state index contributed by atoms with van der Waals surface area (Å²) in [6.45, 7) is 1.25. The molecule has 2 aromatic carbocycles. The molecule has 5 nitrogen and oxygen atoms in total. The van der Waals surface area contributed by atoms with Crippen LogP contribution in [-0.4, -0.2) is 22.6 Å². The van der Waals surface area contributed by atoms with Crippen LogP contribution in [0.2, 0.25) is 0 Å². The average Bonchev–Trinajstić information content (AvgIpc) is 3.18. The Morgan fingerprint density at radius 1 is 1.19 bits per heavy atom. The molecule has 3 aromatic rings. The summed E-state index contributed by atoms with van der Waals surface area (Å²) in [5.74, 6) is 0.634. The van der Waals surface area contributed by atoms with Crippen molar-refractivity contribution in [2.45, 2.75) is 13.1 Å². The Hall–Kier alpha value is -3.34. The van der Waals surface area contributed by atoms with Gasteiger partial charge in [-0.25, -0.2) is 4.98 Å². The van der Waals surface area contributed by atoms with Gasteiger partial charge in [-0.3, -0.25) is 4.79 Å². The molecule has 132 valence electrons. The summed E-state index contributed by atoms with van der Waals surface area (Å²) in [5.41, 5.74) is 3.15. The maximum absolute atomic E-state index is 12.0. The first-order valence-corrected chi connectivity index (χ1v) is 8.36. The molecular formula is C21H21N3O2. The number of hydrogen-bond acceptors (Lipinski definition) is 3. The normalized spacial score (nSPS) is 10.8. The maximum atomic E-state index is 12.0. The molecule has 0 spiro atoms. The Labute approximate surface area is 153 Å². The zero-order valence-electron chi connectivity index (χ0n) is 14.6. The highest BCUT2D eigenvalue weighted by atomic mass is 16.5. The van der Waals surface area contributed by atoms with Gasteiger partial charge in [-0.15, -0.1) is 0 Å². The highest BCUT2D eigenvalue weighted by Crippen LogP contribution is 2.13. The van der Waals surface area contributed by atoms with Crippen LogP contribution in [0.25, 0.3) is 6.08 Å². The summed E-state index contributed by atoms with van der Waals surface area (Å²) in [4.78, 5) is 16.1. The molecule has 1 aromatic heterocycles. The van der Waals surface area contributed by atoms with Crippen LogP contribution in [0.3, 0.4) is 0 Å². The number of imidazole rings is 1. The zero-order chi connectivity index (χ0) is 18.2. The SMILES string of the molecule is COc1cccc(/C=C/C(=O)NCc2cccc(Cn3ccnc3)c2)c1. The number of rotatable bonds is 7. The number of hydrogen-bond donors (Lipinski definition) is 1. The number of amides is 1. The maximum Gasteiger partial charge on any atom is 0.244 e. The van der Waals surface area contributed by atoms with Crippen LogP contribution in [0.15, 0.2) is 73.3 Å². The fourth-order valence-electron chi connectivity index (χ4n) is 2.59. The lowest BCUT2D eigenvalue weighted by Gasteiger charge is -2.07. The van der Waals surface area contributed by atoms with Crippen LogP contribution in [0, 0.1) is 0 Å². The van der Waals surface area contributed by atoms with E-state index in [-0.39, 0.29) is 5.91 Å². The number of carbonyl (C=O) groups excluding carboxylic acids is 1. The van der Waals surface area contributed by atoms with E-state index in [9.17, 15) is 4.79 Å². The first-order chi connectivity index (χ1) is 12.7. The fraction of sp³-hybridized carbons (Fsp3) is 0.143. The van der Waals surface area contributed by atoms with E-state index in [0.29, 0.717) is 6.54 Å². The smallest absolute Gasteiger partial charge is 0.244 e. The highest BCUT2D eigenvalue weighted by Gasteiger charge is 2.00. The van der Waals surface area contributed by atoms with Gasteiger partial charge in [-0.1, -0.05) is 36.4 Å². The van der Waals surface area contributed by atoms with Gasteiger partial charge in [-0.05, 0) is 34.9 Å². The number of methoxy groups -OCH3 is 1. The fourth-order valence-corrected chi connectivity index (χ4v) is 2.59. The second-order valence-corrected chi connectivity index (χ2v) is 5.88. The van der Waals surface area contributed by atoms with Crippen LogP contribution in [0.4, 0.5) is 0 Å². The van der Waals surface area contributed by atoms with Crippen molar-refractivity contribution in [1.29, 1.82) is 0 Å². The number of ether oxygens (including phenoxy) is 1. The Bertz CT molecular complexity index is 886. The number of nitrogens with zero attached hydrogens (tertiary/aromatic N) is 2. The molecule has 1 heterocycles. The van der Waals surface area contributed by atoms with Gasteiger partial charge in [0.2, 0.25) is 5.91 Å². The van der Waals surface area contributed by atoms with E-state index < -0.39 is 0 Å². The standard InChI is InChI=1S/C21H21N3O2/c1-26-20-7-3-4-17(13-20)8-9-21(25)23-14-18-5-2-6-19(12-18)15-24-11-10-22-16-24/h2-13,16H,14-15H2,1H3,(H,23,25)/b9-8+. The minimum Gasteiger partial charge on any atom is -0.497 e. The van der Waals surface area contributed by atoms with Crippen LogP contribution < -0.4 is 10.1 Å². The summed E-state index contributed by atoms with van der Waals surface area (Å²) in [6, 6.07) is 15.7. The van der Waals surface area contributed by atoms with Crippen molar-refractivity contribution in [2.24, 2.45) is 0 Å². The topological polar surface area (TPSA) is 56.1 Å². The molecule has 0 bridgehead atoms. The molecule has 0 aliphatic heterocycles. The van der Waals surface area contributed by atoms with Gasteiger partial charge in [0, 0.05) is 31.6 Å². The van der Waals surface area contributed by atoms with Crippen LogP contribution in [0.1, 0.15) is 16.7 Å². The summed E-state index contributed by atoms with van der Waals surface area (Å²) in [6.07, 6.45) is 8.78. The third kappa shape index (κ3) is 5.08. The molecule has 5 heteroatoms. The summed E-state index contributed by atoms with van der Waals surface area (Å²) in [7, 11) is 1.62. The molecule has 0 aliphatic carbocycles. The number of aromatic nitrogens is 2. The van der Waals surface area contributed by atoms with Gasteiger partial charge in [0.15, 0.2) is 0 Å². The minimum absolute atomic E-state index is 0.132. The van der Waals surface area contributed by atoms with Crippen LogP contribution in [-0.2, 0) is 17.9 Å². The lowest BCUT2D eigenvalue weighted by Crippen LogP contribution is -2.20. The van der Waals surface area contributed by atoms with Gasteiger partial charge in [0.25, 0.3) is 0 Å². The predicted molar refractivity (Wildman–Crippen MR) is 102 cm³/mol. The molecule has 1 amide bonds. The van der Waals surface area contributed by atoms with E-state index >= 15 is 0 Å². The minimum atomic E-state index is -0.132. The molecule has 1 N–H and O–H groups in total. The molecule has 26 heavy (non-hydrogen) atoms. The quantitative estimate of drug-likeness (QED) is 0.668. The number of nitrogens with one attached hydrogen (secondary N) is 1. The lowest BCUT2D eigenvalue weighted by molar-refractivity contribution is -0.116. The van der Waals surface area contributed by atoms with Crippen molar-refractivity contribution in [3.05, 3.63) is 90.0 Å². The average molecular weight is 347 g/mol. The van der Waals surface area contributed by atoms with Gasteiger partial charge in [0.1, 0.15) is 5.75 Å². The van der Waals surface area contributed by atoms with E-state index in [0.717, 1.165) is 23.4 Å². The first kappa shape index (κ1) is 17.5. The lowest BCUT2D eigenvalue weighted by atomic mass is 10.1. The van der Waals surface area contributed by atoms with Crippen molar-refractivity contribution in [1.82, 2.24) is 14.9 Å². The first-order valence-electron chi connectivity index (χ1n) is 8.36. The van der Waals surface area contributed by atoms with Gasteiger partial charge in [0.05, 0.1) is 13.4 Å². The Morgan fingerprint density at radius 2 is 2.04 bits per heavy atom. The molecule has 0 radical (unpaired) electrons. The van der Waals surface area contributed by atoms with Crippen molar-refractivity contribution in [2.75, 3.05) is 7.11 Å². The van der Waals surface area contributed by atoms with E-state index in [1.807, 2.05) is 47.2 Å². The summed E-state index contributed by atoms with van der Waals surface area (Å²) < 4.78 is 7.18. The van der Waals surface area contributed by atoms with Crippen LogP contribution in [0.5, 0.6) is 5.75 Å². The van der Waals surface area contributed by atoms with Crippen molar-refractivity contribution in [3.8, 4) is 5.75 Å². The Kier molecular flexibility index (Phi) is 5.83. The monoisotopic (exact) mass is 347 g/mol. The Balaban J connectivity index is 1.54. The Morgan fingerprint density at radius 3 is 2.85 bits per heavy atom. The van der Waals surface area contributed by atoms with Gasteiger partial charge >= 0.3 is 0 Å². The second kappa shape index (κ2) is 8.67. The molecular weight excluding hydrogens is 326 g/mol. The van der Waals surface area contributed by atoms with Crippen molar-refractivity contribution >= 4 is 12.0 Å². The molecule has 0 saturated heterocycles.